The number of carbonyl (C=O) groups is 2. The summed E-state index contributed by atoms with van der Waals surface area (Å²) in [5, 5.41) is 2.09. The van der Waals surface area contributed by atoms with Crippen LogP contribution in [0.25, 0.3) is 0 Å². The molecule has 226 valence electrons. The van der Waals surface area contributed by atoms with E-state index in [-0.39, 0.29) is 18.0 Å². The maximum absolute atomic E-state index is 14.8. The van der Waals surface area contributed by atoms with Crippen LogP contribution in [0, 0.1) is 5.82 Å². The van der Waals surface area contributed by atoms with E-state index in [9.17, 15) is 35.6 Å². The third kappa shape index (κ3) is 8.68. The number of carbonyl (C=O) groups excluding carboxylic acids is 2. The van der Waals surface area contributed by atoms with E-state index in [2.05, 4.69) is 5.32 Å². The molecule has 3 aromatic carbocycles. The molecule has 42 heavy (non-hydrogen) atoms. The van der Waals surface area contributed by atoms with E-state index < -0.39 is 69.2 Å². The van der Waals surface area contributed by atoms with Crippen LogP contribution in [0.4, 0.5) is 23.2 Å². The molecule has 1 atom stereocenters. The molecule has 0 unspecified atom stereocenters. The van der Waals surface area contributed by atoms with E-state index >= 15 is 0 Å². The van der Waals surface area contributed by atoms with Gasteiger partial charge in [-0.2, -0.15) is 13.2 Å². The summed E-state index contributed by atoms with van der Waals surface area (Å²) in [6.45, 7) is 2.04. The zero-order valence-electron chi connectivity index (χ0n) is 23.0. The SMILES string of the molecule is CC(C)NC(=O)[C@@H](Cc1ccccc1)N(Cc1ccccc1F)C(=O)CN(c1ccc(Cl)c(C(F)(F)F)c1)S(C)(=O)=O. The molecular formula is C29H30ClF4N3O4S. The predicted octanol–water partition coefficient (Wildman–Crippen LogP) is 5.43. The minimum Gasteiger partial charge on any atom is -0.352 e. The molecule has 0 aromatic heterocycles. The van der Waals surface area contributed by atoms with Crippen molar-refractivity contribution >= 4 is 39.1 Å². The molecule has 0 saturated carbocycles. The van der Waals surface area contributed by atoms with E-state index in [1.807, 2.05) is 0 Å². The number of nitrogens with one attached hydrogen (secondary N) is 1. The second-order valence-electron chi connectivity index (χ2n) is 9.91. The van der Waals surface area contributed by atoms with Crippen LogP contribution in [-0.4, -0.2) is 50.0 Å². The number of amides is 2. The van der Waals surface area contributed by atoms with Crippen LogP contribution in [0.1, 0.15) is 30.5 Å². The van der Waals surface area contributed by atoms with Gasteiger partial charge in [-0.1, -0.05) is 60.1 Å². The van der Waals surface area contributed by atoms with E-state index in [0.29, 0.717) is 15.9 Å². The number of sulfonamides is 1. The zero-order chi connectivity index (χ0) is 31.2. The molecule has 0 spiro atoms. The molecule has 0 aliphatic carbocycles. The number of hydrogen-bond donors (Lipinski definition) is 1. The Hall–Kier alpha value is -3.64. The summed E-state index contributed by atoms with van der Waals surface area (Å²) in [7, 11) is -4.33. The van der Waals surface area contributed by atoms with Gasteiger partial charge in [0, 0.05) is 24.6 Å². The fraction of sp³-hybridized carbons (Fsp3) is 0.310. The first kappa shape index (κ1) is 32.9. The van der Waals surface area contributed by atoms with Gasteiger partial charge in [0.1, 0.15) is 18.4 Å². The van der Waals surface area contributed by atoms with Crippen LogP contribution in [0.5, 0.6) is 0 Å². The van der Waals surface area contributed by atoms with Crippen molar-refractivity contribution in [1.29, 1.82) is 0 Å². The molecule has 0 fully saturated rings. The molecule has 1 N–H and O–H groups in total. The number of rotatable bonds is 11. The quantitative estimate of drug-likeness (QED) is 0.287. The Morgan fingerprint density at radius 2 is 1.60 bits per heavy atom. The molecule has 0 bridgehead atoms. The summed E-state index contributed by atoms with van der Waals surface area (Å²) in [6.07, 6.45) is -4.17. The van der Waals surface area contributed by atoms with E-state index in [0.717, 1.165) is 23.3 Å². The van der Waals surface area contributed by atoms with Gasteiger partial charge in [-0.15, -0.1) is 0 Å². The lowest BCUT2D eigenvalue weighted by molar-refractivity contribution is -0.140. The standard InChI is InChI=1S/C29H30ClF4N3O4S/c1-19(2)35-28(39)26(15-20-9-5-4-6-10-20)36(17-21-11-7-8-12-25(21)31)27(38)18-37(42(3,40)41)22-13-14-24(30)23(16-22)29(32,33)34/h4-14,16,19,26H,15,17-18H2,1-3H3,(H,35,39)/t26-/m1/s1. The summed E-state index contributed by atoms with van der Waals surface area (Å²) in [4.78, 5) is 28.4. The summed E-state index contributed by atoms with van der Waals surface area (Å²) in [5.41, 5.74) is -1.03. The highest BCUT2D eigenvalue weighted by Gasteiger charge is 2.36. The molecule has 0 aliphatic rings. The maximum atomic E-state index is 14.8. The van der Waals surface area contributed by atoms with Crippen LogP contribution >= 0.6 is 11.6 Å². The van der Waals surface area contributed by atoms with Crippen LogP contribution in [0.3, 0.4) is 0 Å². The normalized spacial score (nSPS) is 12.6. The first-order chi connectivity index (χ1) is 19.6. The Bertz CT molecular complexity index is 1520. The number of nitrogens with zero attached hydrogens (tertiary/aromatic N) is 2. The minimum atomic E-state index is -4.90. The third-order valence-electron chi connectivity index (χ3n) is 6.22. The van der Waals surface area contributed by atoms with Gasteiger partial charge in [-0.05, 0) is 43.7 Å². The molecule has 0 saturated heterocycles. The second-order valence-corrected chi connectivity index (χ2v) is 12.2. The Kier molecular flexibility index (Phi) is 10.6. The van der Waals surface area contributed by atoms with Crippen LogP contribution in [-0.2, 0) is 38.8 Å². The van der Waals surface area contributed by atoms with Crippen LogP contribution in [0.2, 0.25) is 5.02 Å². The zero-order valence-corrected chi connectivity index (χ0v) is 24.6. The van der Waals surface area contributed by atoms with E-state index in [1.165, 1.54) is 24.3 Å². The highest BCUT2D eigenvalue weighted by molar-refractivity contribution is 7.92. The van der Waals surface area contributed by atoms with Crippen molar-refractivity contribution in [2.75, 3.05) is 17.1 Å². The fourth-order valence-corrected chi connectivity index (χ4v) is 5.31. The van der Waals surface area contributed by atoms with Crippen LogP contribution in [0.15, 0.2) is 72.8 Å². The lowest BCUT2D eigenvalue weighted by atomic mass is 10.0. The van der Waals surface area contributed by atoms with Gasteiger partial charge in [0.15, 0.2) is 0 Å². The van der Waals surface area contributed by atoms with Gasteiger partial charge in [-0.25, -0.2) is 12.8 Å². The third-order valence-corrected chi connectivity index (χ3v) is 7.69. The molecule has 7 nitrogen and oxygen atoms in total. The van der Waals surface area contributed by atoms with E-state index in [1.54, 1.807) is 44.2 Å². The van der Waals surface area contributed by atoms with Gasteiger partial charge in [0.05, 0.1) is 22.5 Å². The number of hydrogen-bond acceptors (Lipinski definition) is 4. The predicted molar refractivity (Wildman–Crippen MR) is 153 cm³/mol. The fourth-order valence-electron chi connectivity index (χ4n) is 4.24. The monoisotopic (exact) mass is 627 g/mol. The van der Waals surface area contributed by atoms with Gasteiger partial charge in [0.25, 0.3) is 0 Å². The minimum absolute atomic E-state index is 0.00235. The Balaban J connectivity index is 2.11. The summed E-state index contributed by atoms with van der Waals surface area (Å²) in [6, 6.07) is 15.2. The summed E-state index contributed by atoms with van der Waals surface area (Å²) < 4.78 is 81.5. The molecule has 0 radical (unpaired) electrons. The van der Waals surface area contributed by atoms with Crippen molar-refractivity contribution in [3.8, 4) is 0 Å². The average molecular weight is 628 g/mol. The Labute approximate surface area is 247 Å². The van der Waals surface area contributed by atoms with Gasteiger partial charge < -0.3 is 10.2 Å². The van der Waals surface area contributed by atoms with Crippen molar-refractivity contribution in [2.24, 2.45) is 0 Å². The molecule has 3 rings (SSSR count). The molecule has 2 amide bonds. The lowest BCUT2D eigenvalue weighted by Crippen LogP contribution is -2.54. The first-order valence-corrected chi connectivity index (χ1v) is 15.0. The second kappa shape index (κ2) is 13.6. The molecule has 0 aliphatic heterocycles. The Morgan fingerprint density at radius 3 is 2.17 bits per heavy atom. The van der Waals surface area contributed by atoms with Crippen LogP contribution < -0.4 is 9.62 Å². The Morgan fingerprint density at radius 1 is 0.976 bits per heavy atom. The summed E-state index contributed by atoms with van der Waals surface area (Å²) >= 11 is 5.71. The van der Waals surface area contributed by atoms with E-state index in [4.69, 9.17) is 11.6 Å². The smallest absolute Gasteiger partial charge is 0.352 e. The highest BCUT2D eigenvalue weighted by atomic mass is 35.5. The van der Waals surface area contributed by atoms with Crippen molar-refractivity contribution in [3.05, 3.63) is 100 Å². The average Bonchev–Trinajstić information content (AvgIpc) is 2.89. The highest BCUT2D eigenvalue weighted by Crippen LogP contribution is 2.37. The van der Waals surface area contributed by atoms with Crippen molar-refractivity contribution in [1.82, 2.24) is 10.2 Å². The van der Waals surface area contributed by atoms with Crippen molar-refractivity contribution < 1.29 is 35.6 Å². The van der Waals surface area contributed by atoms with Crippen molar-refractivity contribution in [3.63, 3.8) is 0 Å². The molecule has 13 heteroatoms. The number of anilines is 1. The maximum Gasteiger partial charge on any atom is 0.417 e. The van der Waals surface area contributed by atoms with Gasteiger partial charge >= 0.3 is 6.18 Å². The number of alkyl halides is 3. The lowest BCUT2D eigenvalue weighted by Gasteiger charge is -2.34. The largest absolute Gasteiger partial charge is 0.417 e. The van der Waals surface area contributed by atoms with Gasteiger partial charge in [0.2, 0.25) is 21.8 Å². The van der Waals surface area contributed by atoms with Gasteiger partial charge in [-0.3, -0.25) is 13.9 Å². The number of benzene rings is 3. The summed E-state index contributed by atoms with van der Waals surface area (Å²) in [5.74, 6) is -2.17. The van der Waals surface area contributed by atoms with Crippen molar-refractivity contribution in [2.45, 2.75) is 45.1 Å². The number of halogens is 5. The molecule has 0 heterocycles. The molecule has 3 aromatic rings. The molecular weight excluding hydrogens is 598 g/mol. The topological polar surface area (TPSA) is 86.8 Å². The first-order valence-electron chi connectivity index (χ1n) is 12.8.